The summed E-state index contributed by atoms with van der Waals surface area (Å²) in [7, 11) is 0. The second-order valence-corrected chi connectivity index (χ2v) is 5.39. The average Bonchev–Trinajstić information content (AvgIpc) is 2.45. The first-order valence-electron chi connectivity index (χ1n) is 6.79. The summed E-state index contributed by atoms with van der Waals surface area (Å²) < 4.78 is 5.41. The topological polar surface area (TPSA) is 50.4 Å². The fourth-order valence-electron chi connectivity index (χ4n) is 1.88. The van der Waals surface area contributed by atoms with E-state index in [0.29, 0.717) is 22.3 Å². The van der Waals surface area contributed by atoms with Crippen molar-refractivity contribution in [1.82, 2.24) is 0 Å². The third kappa shape index (κ3) is 5.13. The molecule has 0 atom stereocenters. The summed E-state index contributed by atoms with van der Waals surface area (Å²) in [5, 5.41) is 6.71. The van der Waals surface area contributed by atoms with Crippen molar-refractivity contribution in [3.63, 3.8) is 0 Å². The minimum Gasteiger partial charge on any atom is -0.494 e. The van der Waals surface area contributed by atoms with E-state index in [0.717, 1.165) is 11.4 Å². The van der Waals surface area contributed by atoms with Crippen LogP contribution in [0.1, 0.15) is 6.92 Å². The minimum atomic E-state index is -0.194. The van der Waals surface area contributed by atoms with Crippen LogP contribution in [0.3, 0.4) is 0 Å². The predicted molar refractivity (Wildman–Crippen MR) is 91.2 cm³/mol. The molecule has 0 spiro atoms. The van der Waals surface area contributed by atoms with Crippen molar-refractivity contribution in [3.05, 3.63) is 52.5 Å². The molecule has 0 fully saturated rings. The number of ether oxygens (including phenoxy) is 1. The summed E-state index contributed by atoms with van der Waals surface area (Å²) in [5.41, 5.74) is 1.37. The van der Waals surface area contributed by atoms with E-state index < -0.39 is 0 Å². The summed E-state index contributed by atoms with van der Waals surface area (Å²) in [5.74, 6) is 0.565. The Labute approximate surface area is 139 Å². The SMILES string of the molecule is CCOc1cccc(NCC(=O)Nc2cc(Cl)cc(Cl)c2)c1. The standard InChI is InChI=1S/C16H16Cl2N2O2/c1-2-22-15-5-3-4-13(9-15)19-10-16(21)20-14-7-11(17)6-12(18)8-14/h3-9,19H,2,10H2,1H3,(H,20,21). The fraction of sp³-hybridized carbons (Fsp3) is 0.188. The number of carbonyl (C=O) groups is 1. The quantitative estimate of drug-likeness (QED) is 0.818. The van der Waals surface area contributed by atoms with Crippen LogP contribution >= 0.6 is 23.2 Å². The van der Waals surface area contributed by atoms with Crippen molar-refractivity contribution in [1.29, 1.82) is 0 Å². The summed E-state index contributed by atoms with van der Waals surface area (Å²) in [6, 6.07) is 12.3. The molecular formula is C16H16Cl2N2O2. The van der Waals surface area contributed by atoms with Gasteiger partial charge in [-0.2, -0.15) is 0 Å². The molecule has 2 aromatic rings. The van der Waals surface area contributed by atoms with Crippen LogP contribution in [0.5, 0.6) is 5.75 Å². The first kappa shape index (κ1) is 16.5. The molecule has 0 heterocycles. The van der Waals surface area contributed by atoms with Crippen LogP contribution in [-0.4, -0.2) is 19.1 Å². The monoisotopic (exact) mass is 338 g/mol. The van der Waals surface area contributed by atoms with Gasteiger partial charge in [-0.25, -0.2) is 0 Å². The van der Waals surface area contributed by atoms with Gasteiger partial charge in [0.15, 0.2) is 0 Å². The lowest BCUT2D eigenvalue weighted by Crippen LogP contribution is -2.21. The van der Waals surface area contributed by atoms with E-state index in [9.17, 15) is 4.79 Å². The van der Waals surface area contributed by atoms with Gasteiger partial charge in [-0.1, -0.05) is 29.3 Å². The summed E-state index contributed by atoms with van der Waals surface area (Å²) >= 11 is 11.8. The van der Waals surface area contributed by atoms with Gasteiger partial charge in [-0.15, -0.1) is 0 Å². The molecule has 2 N–H and O–H groups in total. The maximum Gasteiger partial charge on any atom is 0.243 e. The van der Waals surface area contributed by atoms with Crippen molar-refractivity contribution >= 4 is 40.5 Å². The van der Waals surface area contributed by atoms with Crippen molar-refractivity contribution in [3.8, 4) is 5.75 Å². The molecule has 0 aliphatic heterocycles. The Hall–Kier alpha value is -1.91. The number of rotatable bonds is 6. The van der Waals surface area contributed by atoms with Gasteiger partial charge in [0.25, 0.3) is 0 Å². The molecule has 0 aromatic heterocycles. The second kappa shape index (κ2) is 7.92. The largest absolute Gasteiger partial charge is 0.494 e. The molecule has 0 unspecified atom stereocenters. The van der Waals surface area contributed by atoms with E-state index in [4.69, 9.17) is 27.9 Å². The van der Waals surface area contributed by atoms with Gasteiger partial charge >= 0.3 is 0 Å². The maximum absolute atomic E-state index is 11.9. The van der Waals surface area contributed by atoms with Crippen molar-refractivity contribution < 1.29 is 9.53 Å². The van der Waals surface area contributed by atoms with Gasteiger partial charge in [-0.05, 0) is 37.3 Å². The zero-order valence-electron chi connectivity index (χ0n) is 12.0. The van der Waals surface area contributed by atoms with Crippen molar-refractivity contribution in [2.45, 2.75) is 6.92 Å². The van der Waals surface area contributed by atoms with Gasteiger partial charge in [0, 0.05) is 27.5 Å². The van der Waals surface area contributed by atoms with Gasteiger partial charge in [0.05, 0.1) is 13.2 Å². The third-order valence-corrected chi connectivity index (χ3v) is 3.18. The molecule has 0 aliphatic rings. The van der Waals surface area contributed by atoms with E-state index in [-0.39, 0.29) is 12.5 Å². The Bertz CT molecular complexity index is 642. The first-order valence-corrected chi connectivity index (χ1v) is 7.55. The van der Waals surface area contributed by atoms with E-state index in [1.807, 2.05) is 31.2 Å². The minimum absolute atomic E-state index is 0.125. The highest BCUT2D eigenvalue weighted by molar-refractivity contribution is 6.35. The van der Waals surface area contributed by atoms with Crippen LogP contribution in [0, 0.1) is 0 Å². The average molecular weight is 339 g/mol. The smallest absolute Gasteiger partial charge is 0.243 e. The molecule has 6 heteroatoms. The van der Waals surface area contributed by atoms with Crippen LogP contribution in [0.25, 0.3) is 0 Å². The Morgan fingerprint density at radius 2 is 1.82 bits per heavy atom. The lowest BCUT2D eigenvalue weighted by atomic mass is 10.3. The van der Waals surface area contributed by atoms with Gasteiger partial charge < -0.3 is 15.4 Å². The molecule has 0 saturated heterocycles. The highest BCUT2D eigenvalue weighted by atomic mass is 35.5. The van der Waals surface area contributed by atoms with Crippen LogP contribution in [0.2, 0.25) is 10.0 Å². The zero-order chi connectivity index (χ0) is 15.9. The lowest BCUT2D eigenvalue weighted by molar-refractivity contribution is -0.114. The Balaban J connectivity index is 1.91. The molecule has 0 aliphatic carbocycles. The lowest BCUT2D eigenvalue weighted by Gasteiger charge is -2.10. The van der Waals surface area contributed by atoms with Crippen molar-refractivity contribution in [2.24, 2.45) is 0 Å². The number of anilines is 2. The molecule has 22 heavy (non-hydrogen) atoms. The molecule has 0 saturated carbocycles. The number of hydrogen-bond acceptors (Lipinski definition) is 3. The molecule has 0 radical (unpaired) electrons. The maximum atomic E-state index is 11.9. The Kier molecular flexibility index (Phi) is 5.92. The molecule has 2 rings (SSSR count). The number of carbonyl (C=O) groups excluding carboxylic acids is 1. The Morgan fingerprint density at radius 1 is 1.09 bits per heavy atom. The number of nitrogens with one attached hydrogen (secondary N) is 2. The van der Waals surface area contributed by atoms with Crippen LogP contribution in [-0.2, 0) is 4.79 Å². The molecule has 4 nitrogen and oxygen atoms in total. The number of amides is 1. The van der Waals surface area contributed by atoms with Gasteiger partial charge in [0.1, 0.15) is 5.75 Å². The van der Waals surface area contributed by atoms with Gasteiger partial charge in [-0.3, -0.25) is 4.79 Å². The van der Waals surface area contributed by atoms with E-state index in [1.54, 1.807) is 18.2 Å². The van der Waals surface area contributed by atoms with Crippen LogP contribution < -0.4 is 15.4 Å². The summed E-state index contributed by atoms with van der Waals surface area (Å²) in [6.07, 6.45) is 0. The normalized spacial score (nSPS) is 10.1. The summed E-state index contributed by atoms with van der Waals surface area (Å²) in [4.78, 5) is 11.9. The van der Waals surface area contributed by atoms with Crippen molar-refractivity contribution in [2.75, 3.05) is 23.8 Å². The highest BCUT2D eigenvalue weighted by Gasteiger charge is 2.05. The molecule has 0 bridgehead atoms. The van der Waals surface area contributed by atoms with Crippen LogP contribution in [0.4, 0.5) is 11.4 Å². The third-order valence-electron chi connectivity index (χ3n) is 2.74. The van der Waals surface area contributed by atoms with Crippen LogP contribution in [0.15, 0.2) is 42.5 Å². The number of benzene rings is 2. The number of hydrogen-bond donors (Lipinski definition) is 2. The van der Waals surface area contributed by atoms with E-state index in [2.05, 4.69) is 10.6 Å². The molecular weight excluding hydrogens is 323 g/mol. The zero-order valence-corrected chi connectivity index (χ0v) is 13.5. The molecule has 116 valence electrons. The fourth-order valence-corrected chi connectivity index (χ4v) is 2.40. The first-order chi connectivity index (χ1) is 10.6. The number of halogens is 2. The van der Waals surface area contributed by atoms with Gasteiger partial charge in [0.2, 0.25) is 5.91 Å². The van der Waals surface area contributed by atoms with E-state index >= 15 is 0 Å². The second-order valence-electron chi connectivity index (χ2n) is 4.52. The highest BCUT2D eigenvalue weighted by Crippen LogP contribution is 2.22. The molecule has 1 amide bonds. The molecule has 2 aromatic carbocycles. The Morgan fingerprint density at radius 3 is 2.50 bits per heavy atom. The summed E-state index contributed by atoms with van der Waals surface area (Å²) in [6.45, 7) is 2.64. The predicted octanol–water partition coefficient (Wildman–Crippen LogP) is 4.44. The van der Waals surface area contributed by atoms with E-state index in [1.165, 1.54) is 0 Å².